The number of pyridine rings is 4. The number of hydrogen-bond acceptors (Lipinski definition) is 4. The van der Waals surface area contributed by atoms with Gasteiger partial charge >= 0.3 is 0 Å². The van der Waals surface area contributed by atoms with Gasteiger partial charge in [0.25, 0.3) is 0 Å². The summed E-state index contributed by atoms with van der Waals surface area (Å²) in [5.41, 5.74) is 0.486. The highest BCUT2D eigenvalue weighted by atomic mass is 19.1. The van der Waals surface area contributed by atoms with E-state index in [4.69, 9.17) is 0 Å². The molecule has 9 aromatic rings. The van der Waals surface area contributed by atoms with E-state index in [-0.39, 0.29) is 43.4 Å². The highest BCUT2D eigenvalue weighted by Crippen LogP contribution is 2.32. The van der Waals surface area contributed by atoms with E-state index in [1.807, 2.05) is 0 Å². The normalized spacial score (nSPS) is 12.4. The Morgan fingerprint density at radius 3 is 1.14 bits per heavy atom. The second kappa shape index (κ2) is 7.50. The highest BCUT2D eigenvalue weighted by Gasteiger charge is 2.22. The zero-order valence-electron chi connectivity index (χ0n) is 21.4. The lowest BCUT2D eigenvalue weighted by atomic mass is 9.99. The lowest BCUT2D eigenvalue weighted by molar-refractivity contribution is 0.630. The van der Waals surface area contributed by atoms with E-state index < -0.39 is 33.3 Å². The minimum atomic E-state index is -0.728. The molecule has 8 heteroatoms. The van der Waals surface area contributed by atoms with E-state index in [1.165, 1.54) is 6.07 Å². The van der Waals surface area contributed by atoms with Crippen molar-refractivity contribution in [3.05, 3.63) is 137 Å². The van der Waals surface area contributed by atoms with Crippen molar-refractivity contribution in [3.63, 3.8) is 0 Å². The van der Waals surface area contributed by atoms with E-state index in [0.717, 1.165) is 24.3 Å². The van der Waals surface area contributed by atoms with Gasteiger partial charge in [0, 0.05) is 21.5 Å². The van der Waals surface area contributed by atoms with Crippen LogP contribution in [-0.2, 0) is 0 Å². The summed E-state index contributed by atoms with van der Waals surface area (Å²) in [7, 11) is 0. The molecule has 42 heavy (non-hydrogen) atoms. The minimum absolute atomic E-state index is 0.00575. The average molecular weight is 552 g/mol. The fraction of sp³-hybridized carbons (Fsp3) is 0. The molecule has 9 rings (SSSR count). The largest absolute Gasteiger partial charge is 0.307 e. The Hall–Kier alpha value is -5.76. The summed E-state index contributed by atoms with van der Waals surface area (Å²) in [5.74, 6) is -1.46. The van der Waals surface area contributed by atoms with Gasteiger partial charge in [-0.3, -0.25) is 19.2 Å². The molecule has 4 heterocycles. The standard InChI is InChI=1S/C34H14F2N2O4/c35-15-9-21-29-23(11-15)33(41)19-13-20-28(14-27(19)37(29)25-7-3-1-5-17(25)31(21)39)38-26-8-4-2-6-18(26)32(40)22-10-16(36)12-24(30(22)38)34(20)42/h1-14H. The molecule has 6 nitrogen and oxygen atoms in total. The van der Waals surface area contributed by atoms with Gasteiger partial charge in [-0.25, -0.2) is 8.78 Å². The SMILES string of the molecule is O=c1c2ccccc2n2c3cc4c(cc3c(=O)c3cc(F)cc1c32)c(=O)c1cc(F)cc2c(=O)c3ccccc3n4c21. The molecule has 0 saturated heterocycles. The maximum absolute atomic E-state index is 14.8. The van der Waals surface area contributed by atoms with Crippen LogP contribution in [0.5, 0.6) is 0 Å². The van der Waals surface area contributed by atoms with E-state index in [1.54, 1.807) is 63.4 Å². The van der Waals surface area contributed by atoms with Crippen molar-refractivity contribution < 1.29 is 8.78 Å². The first-order valence-corrected chi connectivity index (χ1v) is 13.2. The first-order chi connectivity index (χ1) is 20.3. The van der Waals surface area contributed by atoms with Crippen molar-refractivity contribution in [2.24, 2.45) is 0 Å². The van der Waals surface area contributed by atoms with Gasteiger partial charge < -0.3 is 8.80 Å². The van der Waals surface area contributed by atoms with Crippen LogP contribution in [0.1, 0.15) is 0 Å². The minimum Gasteiger partial charge on any atom is -0.307 e. The van der Waals surface area contributed by atoms with Crippen molar-refractivity contribution in [3.8, 4) is 0 Å². The zero-order valence-corrected chi connectivity index (χ0v) is 21.4. The first-order valence-electron chi connectivity index (χ1n) is 13.2. The Morgan fingerprint density at radius 1 is 0.381 bits per heavy atom. The van der Waals surface area contributed by atoms with E-state index in [9.17, 15) is 28.0 Å². The van der Waals surface area contributed by atoms with E-state index in [2.05, 4.69) is 0 Å². The van der Waals surface area contributed by atoms with Gasteiger partial charge in [-0.15, -0.1) is 0 Å². The summed E-state index contributed by atoms with van der Waals surface area (Å²) in [6.07, 6.45) is 0. The van der Waals surface area contributed by atoms with Gasteiger partial charge in [0.15, 0.2) is 21.7 Å². The van der Waals surface area contributed by atoms with Crippen molar-refractivity contribution in [2.75, 3.05) is 0 Å². The molecule has 0 amide bonds. The predicted octanol–water partition coefficient (Wildman–Crippen LogP) is 5.71. The lowest BCUT2D eigenvalue weighted by Crippen LogP contribution is -2.17. The van der Waals surface area contributed by atoms with Crippen LogP contribution in [0.2, 0.25) is 0 Å². The second-order valence-corrected chi connectivity index (χ2v) is 10.6. The Kier molecular flexibility index (Phi) is 4.10. The molecule has 0 aliphatic rings. The Bertz CT molecular complexity index is 2770. The Morgan fingerprint density at radius 2 is 0.738 bits per heavy atom. The summed E-state index contributed by atoms with van der Waals surface area (Å²) in [5, 5.41) is 1.09. The van der Waals surface area contributed by atoms with Gasteiger partial charge in [-0.2, -0.15) is 0 Å². The Labute approximate surface area is 231 Å². The van der Waals surface area contributed by atoms with Crippen LogP contribution >= 0.6 is 0 Å². The molecule has 0 aliphatic heterocycles. The summed E-state index contributed by atoms with van der Waals surface area (Å²) in [6, 6.07) is 21.3. The molecule has 0 saturated carbocycles. The van der Waals surface area contributed by atoms with Gasteiger partial charge in [0.05, 0.1) is 54.6 Å². The van der Waals surface area contributed by atoms with Gasteiger partial charge in [-0.05, 0) is 60.7 Å². The van der Waals surface area contributed by atoms with Crippen molar-refractivity contribution >= 4 is 76.2 Å². The van der Waals surface area contributed by atoms with Gasteiger partial charge in [0.1, 0.15) is 11.6 Å². The number of fused-ring (bicyclic) bond motifs is 8. The lowest BCUT2D eigenvalue weighted by Gasteiger charge is -2.17. The third-order valence-electron chi connectivity index (χ3n) is 8.44. The van der Waals surface area contributed by atoms with Gasteiger partial charge in [-0.1, -0.05) is 24.3 Å². The maximum Gasteiger partial charge on any atom is 0.197 e. The third kappa shape index (κ3) is 2.62. The van der Waals surface area contributed by atoms with E-state index in [0.29, 0.717) is 32.8 Å². The first kappa shape index (κ1) is 23.0. The molecule has 5 aromatic carbocycles. The fourth-order valence-corrected chi connectivity index (χ4v) is 6.73. The molecule has 0 atom stereocenters. The fourth-order valence-electron chi connectivity index (χ4n) is 6.73. The van der Waals surface area contributed by atoms with Crippen LogP contribution in [0.3, 0.4) is 0 Å². The monoisotopic (exact) mass is 552 g/mol. The maximum atomic E-state index is 14.8. The predicted molar refractivity (Wildman–Crippen MR) is 161 cm³/mol. The number of nitrogens with zero attached hydrogens (tertiary/aromatic N) is 2. The number of halogens is 2. The van der Waals surface area contributed by atoms with Crippen molar-refractivity contribution in [2.45, 2.75) is 0 Å². The quantitative estimate of drug-likeness (QED) is 0.179. The molecule has 0 spiro atoms. The molecule has 0 unspecified atom stereocenters. The topological polar surface area (TPSA) is 77.1 Å². The molecule has 0 N–H and O–H groups in total. The molecule has 4 aromatic heterocycles. The van der Waals surface area contributed by atoms with Crippen LogP contribution < -0.4 is 21.7 Å². The van der Waals surface area contributed by atoms with Crippen LogP contribution in [0, 0.1) is 11.6 Å². The number of para-hydroxylation sites is 2. The molecule has 0 fully saturated rings. The van der Waals surface area contributed by atoms with Crippen molar-refractivity contribution in [1.82, 2.24) is 8.80 Å². The average Bonchev–Trinajstić information content (AvgIpc) is 3.00. The van der Waals surface area contributed by atoms with Crippen LogP contribution in [0.25, 0.3) is 76.2 Å². The van der Waals surface area contributed by atoms with Crippen LogP contribution in [-0.4, -0.2) is 8.80 Å². The molecular formula is C34H14F2N2O4. The zero-order chi connectivity index (χ0) is 28.6. The second-order valence-electron chi connectivity index (χ2n) is 10.6. The molecule has 0 radical (unpaired) electrons. The summed E-state index contributed by atoms with van der Waals surface area (Å²) < 4.78 is 33.1. The van der Waals surface area contributed by atoms with E-state index >= 15 is 0 Å². The number of aromatic nitrogens is 2. The highest BCUT2D eigenvalue weighted by molar-refractivity contribution is 6.13. The smallest absolute Gasteiger partial charge is 0.197 e. The van der Waals surface area contributed by atoms with Gasteiger partial charge in [0.2, 0.25) is 0 Å². The summed E-state index contributed by atoms with van der Waals surface area (Å²) in [4.78, 5) is 54.8. The molecule has 198 valence electrons. The number of rotatable bonds is 0. The van der Waals surface area contributed by atoms with Crippen LogP contribution in [0.15, 0.2) is 104 Å². The number of hydrogen-bond donors (Lipinski definition) is 0. The molecule has 0 bridgehead atoms. The molecule has 0 aliphatic carbocycles. The van der Waals surface area contributed by atoms with Crippen LogP contribution in [0.4, 0.5) is 8.78 Å². The molecular weight excluding hydrogens is 538 g/mol. The summed E-state index contributed by atoms with van der Waals surface area (Å²) in [6.45, 7) is 0. The van der Waals surface area contributed by atoms with Crippen molar-refractivity contribution in [1.29, 1.82) is 0 Å². The summed E-state index contributed by atoms with van der Waals surface area (Å²) >= 11 is 0. The third-order valence-corrected chi connectivity index (χ3v) is 8.44. The Balaban J connectivity index is 1.69. The number of benzene rings is 5.